The molecular formula is C14H17Cl4NO8. The molecule has 9 nitrogen and oxygen atoms in total. The summed E-state index contributed by atoms with van der Waals surface area (Å²) in [6.07, 6.45) is -6.57. The first kappa shape index (κ1) is 24.0. The van der Waals surface area contributed by atoms with Gasteiger partial charge in [0.1, 0.15) is 6.10 Å². The molecule has 0 bridgehead atoms. The first-order valence-corrected chi connectivity index (χ1v) is 9.09. The number of carbonyl (C=O) groups is 3. The molecule has 13 heteroatoms. The van der Waals surface area contributed by atoms with Crippen LogP contribution in [0.2, 0.25) is 0 Å². The van der Waals surface area contributed by atoms with Gasteiger partial charge in [0.2, 0.25) is 18.3 Å². The van der Waals surface area contributed by atoms with Gasteiger partial charge < -0.3 is 23.7 Å². The molecule has 1 aliphatic heterocycles. The van der Waals surface area contributed by atoms with E-state index in [9.17, 15) is 14.4 Å². The average Bonchev–Trinajstić information content (AvgIpc) is 2.50. The maximum absolute atomic E-state index is 11.5. The van der Waals surface area contributed by atoms with Crippen molar-refractivity contribution >= 4 is 70.2 Å². The van der Waals surface area contributed by atoms with E-state index in [1.54, 1.807) is 0 Å². The number of halogens is 4. The fourth-order valence-electron chi connectivity index (χ4n) is 2.26. The minimum Gasteiger partial charge on any atom is -0.456 e. The van der Waals surface area contributed by atoms with Crippen molar-refractivity contribution in [2.75, 3.05) is 5.88 Å². The minimum absolute atomic E-state index is 0.219. The monoisotopic (exact) mass is 467 g/mol. The number of esters is 3. The molecule has 0 spiro atoms. The molecule has 27 heavy (non-hydrogen) atoms. The molecule has 1 N–H and O–H groups in total. The maximum atomic E-state index is 11.5. The van der Waals surface area contributed by atoms with Crippen LogP contribution in [0, 0.1) is 5.41 Å². The molecule has 5 atom stereocenters. The highest BCUT2D eigenvalue weighted by Crippen LogP contribution is 2.33. The van der Waals surface area contributed by atoms with E-state index in [0.29, 0.717) is 0 Å². The molecule has 0 amide bonds. The number of rotatable bonds is 5. The Morgan fingerprint density at radius 2 is 1.33 bits per heavy atom. The van der Waals surface area contributed by atoms with Crippen LogP contribution < -0.4 is 0 Å². The number of nitrogens with one attached hydrogen (secondary N) is 1. The lowest BCUT2D eigenvalue weighted by atomic mass is 9.98. The van der Waals surface area contributed by atoms with Crippen molar-refractivity contribution in [2.45, 2.75) is 55.3 Å². The predicted molar refractivity (Wildman–Crippen MR) is 95.1 cm³/mol. The molecule has 0 aromatic heterocycles. The minimum atomic E-state index is -2.23. The first-order valence-electron chi connectivity index (χ1n) is 7.42. The van der Waals surface area contributed by atoms with Crippen molar-refractivity contribution in [1.29, 1.82) is 5.41 Å². The smallest absolute Gasteiger partial charge is 0.303 e. The summed E-state index contributed by atoms with van der Waals surface area (Å²) in [5.74, 6) is -3.33. The fraction of sp³-hybridized carbons (Fsp3) is 0.714. The zero-order valence-corrected chi connectivity index (χ0v) is 17.4. The van der Waals surface area contributed by atoms with E-state index in [0.717, 1.165) is 20.8 Å². The Hall–Kier alpha value is -1.00. The zero-order chi connectivity index (χ0) is 20.9. The van der Waals surface area contributed by atoms with Gasteiger partial charge in [0, 0.05) is 20.8 Å². The second-order valence-electron chi connectivity index (χ2n) is 5.36. The van der Waals surface area contributed by atoms with E-state index >= 15 is 0 Å². The van der Waals surface area contributed by atoms with Gasteiger partial charge in [-0.2, -0.15) is 0 Å². The Bertz CT molecular complexity index is 596. The largest absolute Gasteiger partial charge is 0.456 e. The highest BCUT2D eigenvalue weighted by Gasteiger charge is 2.53. The van der Waals surface area contributed by atoms with Gasteiger partial charge >= 0.3 is 17.9 Å². The second kappa shape index (κ2) is 9.97. The highest BCUT2D eigenvalue weighted by molar-refractivity contribution is 6.76. The van der Waals surface area contributed by atoms with Crippen molar-refractivity contribution in [3.05, 3.63) is 0 Å². The van der Waals surface area contributed by atoms with Crippen molar-refractivity contribution in [3.63, 3.8) is 0 Å². The molecule has 0 radical (unpaired) electrons. The van der Waals surface area contributed by atoms with E-state index in [1.807, 2.05) is 0 Å². The van der Waals surface area contributed by atoms with Gasteiger partial charge in [-0.25, -0.2) is 0 Å². The van der Waals surface area contributed by atoms with Crippen LogP contribution in [-0.4, -0.2) is 64.2 Å². The van der Waals surface area contributed by atoms with E-state index in [4.69, 9.17) is 75.5 Å². The van der Waals surface area contributed by atoms with Crippen LogP contribution in [0.25, 0.3) is 0 Å². The number of alkyl halides is 4. The van der Waals surface area contributed by atoms with Gasteiger partial charge in [0.15, 0.2) is 12.2 Å². The third-order valence-electron chi connectivity index (χ3n) is 3.14. The Labute approximate surface area is 174 Å². The molecular weight excluding hydrogens is 452 g/mol. The highest BCUT2D eigenvalue weighted by atomic mass is 35.6. The van der Waals surface area contributed by atoms with Gasteiger partial charge in [-0.1, -0.05) is 34.8 Å². The second-order valence-corrected chi connectivity index (χ2v) is 7.95. The predicted octanol–water partition coefficient (Wildman–Crippen LogP) is 2.11. The van der Waals surface area contributed by atoms with Crippen LogP contribution in [0.3, 0.4) is 0 Å². The molecule has 0 aromatic rings. The third kappa shape index (κ3) is 7.15. The summed E-state index contributed by atoms with van der Waals surface area (Å²) in [5.41, 5.74) is 0. The van der Waals surface area contributed by atoms with E-state index < -0.39 is 58.3 Å². The Morgan fingerprint density at radius 1 is 0.889 bits per heavy atom. The fourth-order valence-corrected chi connectivity index (χ4v) is 2.64. The van der Waals surface area contributed by atoms with Crippen molar-refractivity contribution < 1.29 is 38.1 Å². The summed E-state index contributed by atoms with van der Waals surface area (Å²) in [7, 11) is 0. The number of carbonyl (C=O) groups excluding carboxylic acids is 3. The average molecular weight is 469 g/mol. The summed E-state index contributed by atoms with van der Waals surface area (Å²) in [6, 6.07) is 0. The number of hydrogen-bond acceptors (Lipinski definition) is 9. The Balaban J connectivity index is 3.28. The van der Waals surface area contributed by atoms with Crippen LogP contribution in [0.15, 0.2) is 0 Å². The molecule has 154 valence electrons. The molecule has 1 aliphatic rings. The van der Waals surface area contributed by atoms with Crippen LogP contribution in [0.4, 0.5) is 0 Å². The maximum Gasteiger partial charge on any atom is 0.303 e. The van der Waals surface area contributed by atoms with Gasteiger partial charge in [-0.15, -0.1) is 11.6 Å². The topological polar surface area (TPSA) is 121 Å². The van der Waals surface area contributed by atoms with Crippen LogP contribution >= 0.6 is 46.4 Å². The number of hydrogen-bond donors (Lipinski definition) is 1. The standard InChI is InChI=1S/C14H17Cl4NO8/c1-5(20)23-9-8(4-15)26-12(27-13(19)14(16,17)18)11(25-7(3)22)10(9)24-6(2)21/h8-12,19H,4H2,1-3H3/t8-,9-,10+,11-,12-/m1/s1. The molecule has 0 unspecified atom stereocenters. The van der Waals surface area contributed by atoms with Crippen molar-refractivity contribution in [2.24, 2.45) is 0 Å². The third-order valence-corrected chi connectivity index (χ3v) is 3.96. The van der Waals surface area contributed by atoms with Crippen LogP contribution in [0.1, 0.15) is 20.8 Å². The number of ether oxygens (including phenoxy) is 5. The summed E-state index contributed by atoms with van der Waals surface area (Å²) in [4.78, 5) is 34.5. The van der Waals surface area contributed by atoms with Gasteiger partial charge in [0.25, 0.3) is 3.79 Å². The Kier molecular flexibility index (Phi) is 8.88. The summed E-state index contributed by atoms with van der Waals surface area (Å²) in [5, 5.41) is 7.68. The molecule has 1 saturated heterocycles. The van der Waals surface area contributed by atoms with Crippen molar-refractivity contribution in [3.8, 4) is 0 Å². The lowest BCUT2D eigenvalue weighted by Gasteiger charge is -2.43. The van der Waals surface area contributed by atoms with Gasteiger partial charge in [-0.3, -0.25) is 19.8 Å². The first-order chi connectivity index (χ1) is 12.4. The zero-order valence-electron chi connectivity index (χ0n) is 14.4. The quantitative estimate of drug-likeness (QED) is 0.214. The van der Waals surface area contributed by atoms with Crippen LogP contribution in [0.5, 0.6) is 0 Å². The van der Waals surface area contributed by atoms with Gasteiger partial charge in [-0.05, 0) is 0 Å². The van der Waals surface area contributed by atoms with Gasteiger partial charge in [0.05, 0.1) is 5.88 Å². The van der Waals surface area contributed by atoms with Crippen LogP contribution in [-0.2, 0) is 38.1 Å². The van der Waals surface area contributed by atoms with Crippen molar-refractivity contribution in [1.82, 2.24) is 0 Å². The molecule has 1 fully saturated rings. The molecule has 1 heterocycles. The molecule has 0 aliphatic carbocycles. The van der Waals surface area contributed by atoms with E-state index in [2.05, 4.69) is 0 Å². The molecule has 0 saturated carbocycles. The summed E-state index contributed by atoms with van der Waals surface area (Å²) in [6.45, 7) is 3.30. The summed E-state index contributed by atoms with van der Waals surface area (Å²) >= 11 is 22.6. The SMILES string of the molecule is CC(=O)O[C@@H]1[C@@H](OC(C)=O)[C@@H](OC(=N)C(Cl)(Cl)Cl)O[C@H](CCl)[C@H]1OC(C)=O. The molecule has 1 rings (SSSR count). The lowest BCUT2D eigenvalue weighted by molar-refractivity contribution is -0.283. The lowest BCUT2D eigenvalue weighted by Crippen LogP contribution is -2.62. The van der Waals surface area contributed by atoms with E-state index in [-0.39, 0.29) is 5.88 Å². The Morgan fingerprint density at radius 3 is 1.74 bits per heavy atom. The van der Waals surface area contributed by atoms with E-state index in [1.165, 1.54) is 0 Å². The molecule has 0 aromatic carbocycles. The normalized spacial score (nSPS) is 28.0. The summed E-state index contributed by atoms with van der Waals surface area (Å²) < 4.78 is 23.9.